The fourth-order valence-electron chi connectivity index (χ4n) is 5.65. The van der Waals surface area contributed by atoms with E-state index in [1.807, 2.05) is 35.0 Å². The highest BCUT2D eigenvalue weighted by Gasteiger charge is 2.45. The quantitative estimate of drug-likeness (QED) is 0.335. The predicted octanol–water partition coefficient (Wildman–Crippen LogP) is 5.95. The Morgan fingerprint density at radius 3 is 2.68 bits per heavy atom. The van der Waals surface area contributed by atoms with Crippen molar-refractivity contribution in [2.75, 3.05) is 29.2 Å². The van der Waals surface area contributed by atoms with Gasteiger partial charge in [0.2, 0.25) is 5.91 Å². The van der Waals surface area contributed by atoms with E-state index in [0.29, 0.717) is 12.4 Å². The molecule has 0 spiro atoms. The van der Waals surface area contributed by atoms with Gasteiger partial charge in [-0.2, -0.15) is 0 Å². The van der Waals surface area contributed by atoms with Gasteiger partial charge in [-0.15, -0.1) is 0 Å². The first-order valence-corrected chi connectivity index (χ1v) is 12.9. The van der Waals surface area contributed by atoms with Gasteiger partial charge in [-0.25, -0.2) is 9.37 Å². The molecule has 7 nitrogen and oxygen atoms in total. The van der Waals surface area contributed by atoms with Gasteiger partial charge in [-0.1, -0.05) is 19.1 Å². The van der Waals surface area contributed by atoms with Crippen LogP contribution >= 0.6 is 0 Å². The van der Waals surface area contributed by atoms with E-state index in [2.05, 4.69) is 41.6 Å². The Hall–Kier alpha value is -4.33. The Balaban J connectivity index is 1.33. The Morgan fingerprint density at radius 1 is 1.16 bits per heavy atom. The maximum Gasteiger partial charge on any atom is 0.247 e. The maximum absolute atomic E-state index is 13.5. The van der Waals surface area contributed by atoms with E-state index in [1.165, 1.54) is 17.7 Å². The van der Waals surface area contributed by atoms with Gasteiger partial charge in [0.1, 0.15) is 23.4 Å². The molecule has 0 saturated carbocycles. The zero-order valence-electron chi connectivity index (χ0n) is 21.7. The fourth-order valence-corrected chi connectivity index (χ4v) is 5.65. The Labute approximate surface area is 221 Å². The number of hydrogen-bond donors (Lipinski definition) is 2. The number of rotatable bonds is 6. The molecule has 2 atom stereocenters. The zero-order valence-corrected chi connectivity index (χ0v) is 21.7. The molecule has 6 rings (SSSR count). The molecule has 0 aliphatic carbocycles. The van der Waals surface area contributed by atoms with Gasteiger partial charge in [0.05, 0.1) is 18.5 Å². The van der Waals surface area contributed by atoms with E-state index in [4.69, 9.17) is 9.72 Å². The van der Waals surface area contributed by atoms with Gasteiger partial charge in [0.15, 0.2) is 5.82 Å². The number of benzene rings is 2. The van der Waals surface area contributed by atoms with Crippen molar-refractivity contribution in [3.05, 3.63) is 89.5 Å². The Morgan fingerprint density at radius 2 is 1.97 bits per heavy atom. The number of aryl methyl sites for hydroxylation is 2. The van der Waals surface area contributed by atoms with Crippen molar-refractivity contribution in [1.82, 2.24) is 9.55 Å². The van der Waals surface area contributed by atoms with Crippen molar-refractivity contribution < 1.29 is 13.9 Å². The van der Waals surface area contributed by atoms with E-state index in [-0.39, 0.29) is 23.7 Å². The normalized spacial score (nSPS) is 18.1. The third-order valence-corrected chi connectivity index (χ3v) is 7.52. The number of carbonyl (C=O) groups is 1. The molecule has 1 amide bonds. The number of halogens is 1. The third-order valence-electron chi connectivity index (χ3n) is 7.52. The van der Waals surface area contributed by atoms with Gasteiger partial charge in [-0.3, -0.25) is 4.79 Å². The van der Waals surface area contributed by atoms with Crippen LogP contribution in [0.3, 0.4) is 0 Å². The van der Waals surface area contributed by atoms with Gasteiger partial charge >= 0.3 is 0 Å². The molecule has 2 aromatic heterocycles. The maximum atomic E-state index is 13.5. The van der Waals surface area contributed by atoms with E-state index < -0.39 is 0 Å². The summed E-state index contributed by atoms with van der Waals surface area (Å²) < 4.78 is 21.3. The van der Waals surface area contributed by atoms with Crippen LogP contribution in [0.25, 0.3) is 5.69 Å². The first-order valence-electron chi connectivity index (χ1n) is 12.9. The van der Waals surface area contributed by atoms with Crippen molar-refractivity contribution in [3.63, 3.8) is 0 Å². The van der Waals surface area contributed by atoms with Crippen molar-refractivity contribution >= 4 is 28.9 Å². The molecule has 2 aliphatic heterocycles. The zero-order chi connectivity index (χ0) is 26.4. The molecule has 194 valence electrons. The SMILES string of the molecule is CCc1cc(Nc2ccc(-n3ccc(C)c3)c(OC)c2)nc2c1NC(=O)[C@H]1[C@@H](c3ccc(F)cc3)CCN21. The second kappa shape index (κ2) is 9.52. The third kappa shape index (κ3) is 4.16. The number of nitrogens with one attached hydrogen (secondary N) is 2. The minimum absolute atomic E-state index is 0.0265. The van der Waals surface area contributed by atoms with Crippen molar-refractivity contribution in [1.29, 1.82) is 0 Å². The van der Waals surface area contributed by atoms with E-state index in [9.17, 15) is 9.18 Å². The van der Waals surface area contributed by atoms with Crippen LogP contribution in [0, 0.1) is 12.7 Å². The number of methoxy groups -OCH3 is 1. The van der Waals surface area contributed by atoms with E-state index in [1.54, 1.807) is 19.2 Å². The van der Waals surface area contributed by atoms with Crippen molar-refractivity contribution in [2.45, 2.75) is 38.6 Å². The molecule has 2 N–H and O–H groups in total. The minimum atomic E-state index is -0.384. The van der Waals surface area contributed by atoms with Gasteiger partial charge in [0.25, 0.3) is 0 Å². The molecule has 2 aromatic carbocycles. The molecular weight excluding hydrogens is 481 g/mol. The summed E-state index contributed by atoms with van der Waals surface area (Å²) in [5.41, 5.74) is 5.73. The van der Waals surface area contributed by atoms with Crippen LogP contribution in [0.2, 0.25) is 0 Å². The number of pyridine rings is 1. The summed E-state index contributed by atoms with van der Waals surface area (Å²) in [7, 11) is 1.67. The summed E-state index contributed by atoms with van der Waals surface area (Å²) in [5.74, 6) is 1.87. The fraction of sp³-hybridized carbons (Fsp3) is 0.267. The number of carbonyl (C=O) groups excluding carboxylic acids is 1. The summed E-state index contributed by atoms with van der Waals surface area (Å²) in [6, 6.07) is 16.1. The minimum Gasteiger partial charge on any atom is -0.494 e. The second-order valence-electron chi connectivity index (χ2n) is 9.90. The summed E-state index contributed by atoms with van der Waals surface area (Å²) in [4.78, 5) is 20.3. The largest absolute Gasteiger partial charge is 0.494 e. The molecule has 1 saturated heterocycles. The Kier molecular flexibility index (Phi) is 6.02. The number of hydrogen-bond acceptors (Lipinski definition) is 5. The number of fused-ring (bicyclic) bond motifs is 3. The average molecular weight is 512 g/mol. The summed E-state index contributed by atoms with van der Waals surface area (Å²) in [6.07, 6.45) is 5.61. The topological polar surface area (TPSA) is 71.4 Å². The molecule has 0 unspecified atom stereocenters. The van der Waals surface area contributed by atoms with Crippen LogP contribution in [0.5, 0.6) is 5.75 Å². The van der Waals surface area contributed by atoms with E-state index >= 15 is 0 Å². The molecule has 2 aliphatic rings. The molecule has 0 radical (unpaired) electrons. The summed E-state index contributed by atoms with van der Waals surface area (Å²) in [6.45, 7) is 4.83. The van der Waals surface area contributed by atoms with Crippen LogP contribution in [-0.2, 0) is 11.2 Å². The Bertz CT molecular complexity index is 1510. The molecule has 4 heterocycles. The van der Waals surface area contributed by atoms with E-state index in [0.717, 1.165) is 52.6 Å². The first kappa shape index (κ1) is 24.0. The number of aromatic nitrogens is 2. The van der Waals surface area contributed by atoms with Gasteiger partial charge in [-0.05, 0) is 72.9 Å². The van der Waals surface area contributed by atoms with Crippen molar-refractivity contribution in [3.8, 4) is 11.4 Å². The van der Waals surface area contributed by atoms with Crippen LogP contribution in [0.1, 0.15) is 36.0 Å². The highest BCUT2D eigenvalue weighted by atomic mass is 19.1. The van der Waals surface area contributed by atoms with Gasteiger partial charge in [0, 0.05) is 36.6 Å². The number of ether oxygens (including phenoxy) is 1. The average Bonchev–Trinajstić information content (AvgIpc) is 3.56. The number of nitrogens with zero attached hydrogens (tertiary/aromatic N) is 3. The number of anilines is 4. The first-order chi connectivity index (χ1) is 18.4. The molecule has 4 aromatic rings. The molecule has 38 heavy (non-hydrogen) atoms. The second-order valence-corrected chi connectivity index (χ2v) is 9.90. The predicted molar refractivity (Wildman–Crippen MR) is 147 cm³/mol. The smallest absolute Gasteiger partial charge is 0.247 e. The molecular formula is C30H30FN5O2. The number of amides is 1. The van der Waals surface area contributed by atoms with Gasteiger partial charge < -0.3 is 24.8 Å². The van der Waals surface area contributed by atoms with Crippen molar-refractivity contribution in [2.24, 2.45) is 0 Å². The molecule has 1 fully saturated rings. The lowest BCUT2D eigenvalue weighted by Crippen LogP contribution is -2.47. The standard InChI is InChI=1S/C30H30FN5O2/c1-4-19-15-26(32-22-9-10-24(25(16-22)38-3)35-13-11-18(2)17-35)33-29-27(19)34-30(37)28-23(12-14-36(28)29)20-5-7-21(31)8-6-20/h5-11,13,15-17,23,28H,4,12,14H2,1-3H3,(H,32,33)(H,34,37)/t23-,28-/m1/s1. The van der Waals surface area contributed by atoms with Crippen LogP contribution < -0.4 is 20.3 Å². The van der Waals surface area contributed by atoms with Crippen LogP contribution in [0.15, 0.2) is 67.0 Å². The lowest BCUT2D eigenvalue weighted by atomic mass is 9.90. The lowest BCUT2D eigenvalue weighted by molar-refractivity contribution is -0.117. The summed E-state index contributed by atoms with van der Waals surface area (Å²) >= 11 is 0. The highest BCUT2D eigenvalue weighted by Crippen LogP contribution is 2.44. The molecule has 0 bridgehead atoms. The highest BCUT2D eigenvalue weighted by molar-refractivity contribution is 6.05. The lowest BCUT2D eigenvalue weighted by Gasteiger charge is -2.35. The van der Waals surface area contributed by atoms with Crippen LogP contribution in [0.4, 0.5) is 27.4 Å². The summed E-state index contributed by atoms with van der Waals surface area (Å²) in [5, 5.41) is 6.58. The monoisotopic (exact) mass is 511 g/mol. The molecule has 8 heteroatoms. The van der Waals surface area contributed by atoms with Crippen LogP contribution in [-0.4, -0.2) is 35.2 Å².